The first-order valence-electron chi connectivity index (χ1n) is 10.4. The molecule has 28 heavy (non-hydrogen) atoms. The van der Waals surface area contributed by atoms with Crippen molar-refractivity contribution in [3.63, 3.8) is 0 Å². The average Bonchev–Trinajstić information content (AvgIpc) is 3.48. The van der Waals surface area contributed by atoms with Crippen molar-refractivity contribution in [1.29, 1.82) is 0 Å². The van der Waals surface area contributed by atoms with Gasteiger partial charge in [0.1, 0.15) is 5.54 Å². The molecule has 0 unspecified atom stereocenters. The number of esters is 1. The van der Waals surface area contributed by atoms with Crippen LogP contribution in [0.25, 0.3) is 0 Å². The largest absolute Gasteiger partial charge is 0.464 e. The first-order chi connectivity index (χ1) is 13.5. The highest BCUT2D eigenvalue weighted by atomic mass is 16.5. The number of hydrogen-bond acceptors (Lipinski definition) is 4. The Labute approximate surface area is 165 Å². The number of nitrogens with zero attached hydrogens (tertiary/aromatic N) is 1. The first kappa shape index (κ1) is 19.0. The fourth-order valence-corrected chi connectivity index (χ4v) is 4.49. The summed E-state index contributed by atoms with van der Waals surface area (Å²) in [5, 5.41) is 3.05. The van der Waals surface area contributed by atoms with E-state index in [-0.39, 0.29) is 36.2 Å². The molecule has 1 aromatic rings. The lowest BCUT2D eigenvalue weighted by molar-refractivity contribution is -0.154. The average molecular weight is 384 g/mol. The van der Waals surface area contributed by atoms with E-state index in [4.69, 9.17) is 4.74 Å². The standard InChI is InChI=1S/C22H28N2O4/c1-2-28-21(27)22(12-16-6-3-4-7-17(16)13-22)23-19(25)18-8-5-11-24(14-18)20(26)15-9-10-15/h3-4,6-7,15,18H,2,5,8-14H2,1H3,(H,23,25)/t18-/m0/s1. The second-order valence-corrected chi connectivity index (χ2v) is 8.31. The molecule has 0 spiro atoms. The minimum Gasteiger partial charge on any atom is -0.464 e. The summed E-state index contributed by atoms with van der Waals surface area (Å²) >= 11 is 0. The van der Waals surface area contributed by atoms with Gasteiger partial charge in [-0.2, -0.15) is 0 Å². The molecule has 1 heterocycles. The van der Waals surface area contributed by atoms with E-state index < -0.39 is 5.54 Å². The highest BCUT2D eigenvalue weighted by Gasteiger charge is 2.47. The van der Waals surface area contributed by atoms with Gasteiger partial charge in [-0.3, -0.25) is 9.59 Å². The van der Waals surface area contributed by atoms with Crippen LogP contribution in [-0.4, -0.2) is 47.9 Å². The van der Waals surface area contributed by atoms with Crippen LogP contribution in [-0.2, 0) is 32.0 Å². The fraction of sp³-hybridized carbons (Fsp3) is 0.591. The number of fused-ring (bicyclic) bond motifs is 1. The third-order valence-corrected chi connectivity index (χ3v) is 6.16. The minimum absolute atomic E-state index is 0.144. The Bertz CT molecular complexity index is 761. The van der Waals surface area contributed by atoms with Crippen molar-refractivity contribution in [2.75, 3.05) is 19.7 Å². The van der Waals surface area contributed by atoms with Gasteiger partial charge in [-0.05, 0) is 43.7 Å². The van der Waals surface area contributed by atoms with E-state index in [9.17, 15) is 14.4 Å². The molecule has 4 rings (SSSR count). The molecule has 1 atom stereocenters. The van der Waals surface area contributed by atoms with Gasteiger partial charge in [0.25, 0.3) is 0 Å². The number of piperidine rings is 1. The summed E-state index contributed by atoms with van der Waals surface area (Å²) in [4.78, 5) is 40.2. The van der Waals surface area contributed by atoms with Crippen LogP contribution >= 0.6 is 0 Å². The Morgan fingerprint density at radius 2 is 1.79 bits per heavy atom. The summed E-state index contributed by atoms with van der Waals surface area (Å²) in [6.45, 7) is 3.23. The van der Waals surface area contributed by atoms with Crippen LogP contribution in [0.2, 0.25) is 0 Å². The Morgan fingerprint density at radius 1 is 1.11 bits per heavy atom. The van der Waals surface area contributed by atoms with Crippen LogP contribution in [0.5, 0.6) is 0 Å². The van der Waals surface area contributed by atoms with Gasteiger partial charge in [-0.25, -0.2) is 4.79 Å². The summed E-state index contributed by atoms with van der Waals surface area (Å²) in [6.07, 6.45) is 4.40. The molecule has 3 aliphatic rings. The van der Waals surface area contributed by atoms with Gasteiger partial charge in [0.05, 0.1) is 12.5 Å². The summed E-state index contributed by atoms with van der Waals surface area (Å²) in [5.41, 5.74) is 1.11. The fourth-order valence-electron chi connectivity index (χ4n) is 4.49. The molecule has 2 amide bonds. The number of hydrogen-bond donors (Lipinski definition) is 1. The van der Waals surface area contributed by atoms with Crippen molar-refractivity contribution >= 4 is 17.8 Å². The number of carbonyl (C=O) groups excluding carboxylic acids is 3. The monoisotopic (exact) mass is 384 g/mol. The van der Waals surface area contributed by atoms with Gasteiger partial charge in [0, 0.05) is 31.8 Å². The molecule has 2 aliphatic carbocycles. The van der Waals surface area contributed by atoms with Crippen molar-refractivity contribution in [2.24, 2.45) is 11.8 Å². The zero-order chi connectivity index (χ0) is 19.7. The molecule has 1 aromatic carbocycles. The van der Waals surface area contributed by atoms with Crippen molar-refractivity contribution in [2.45, 2.75) is 51.0 Å². The van der Waals surface area contributed by atoms with E-state index in [0.717, 1.165) is 43.4 Å². The number of rotatable bonds is 5. The summed E-state index contributed by atoms with van der Waals surface area (Å²) in [7, 11) is 0. The number of likely N-dealkylation sites (tertiary alicyclic amines) is 1. The van der Waals surface area contributed by atoms with Crippen LogP contribution in [0.3, 0.4) is 0 Å². The third-order valence-electron chi connectivity index (χ3n) is 6.16. The number of ether oxygens (including phenoxy) is 1. The van der Waals surface area contributed by atoms with E-state index in [1.165, 1.54) is 0 Å². The Kier molecular flexibility index (Phi) is 5.13. The van der Waals surface area contributed by atoms with Crippen LogP contribution < -0.4 is 5.32 Å². The highest BCUT2D eigenvalue weighted by molar-refractivity contribution is 5.91. The zero-order valence-corrected chi connectivity index (χ0v) is 16.4. The number of benzene rings is 1. The van der Waals surface area contributed by atoms with Crippen molar-refractivity contribution in [1.82, 2.24) is 10.2 Å². The molecule has 6 nitrogen and oxygen atoms in total. The SMILES string of the molecule is CCOC(=O)C1(NC(=O)[C@H]2CCCN(C(=O)C3CC3)C2)Cc2ccccc2C1. The molecule has 0 aromatic heterocycles. The molecule has 150 valence electrons. The summed E-state index contributed by atoms with van der Waals surface area (Å²) in [5.74, 6) is -0.440. The number of amides is 2. The minimum atomic E-state index is -1.04. The smallest absolute Gasteiger partial charge is 0.332 e. The van der Waals surface area contributed by atoms with Gasteiger partial charge >= 0.3 is 5.97 Å². The lowest BCUT2D eigenvalue weighted by Gasteiger charge is -2.35. The third kappa shape index (κ3) is 3.64. The maximum Gasteiger partial charge on any atom is 0.332 e. The topological polar surface area (TPSA) is 75.7 Å². The predicted octanol–water partition coefficient (Wildman–Crippen LogP) is 1.85. The molecule has 2 fully saturated rings. The van der Waals surface area contributed by atoms with Crippen molar-refractivity contribution < 1.29 is 19.1 Å². The van der Waals surface area contributed by atoms with Gasteiger partial charge in [-0.1, -0.05) is 24.3 Å². The van der Waals surface area contributed by atoms with E-state index in [1.807, 2.05) is 29.2 Å². The predicted molar refractivity (Wildman–Crippen MR) is 103 cm³/mol. The maximum atomic E-state index is 13.1. The molecular formula is C22H28N2O4. The molecule has 1 saturated heterocycles. The van der Waals surface area contributed by atoms with Crippen LogP contribution in [0.4, 0.5) is 0 Å². The van der Waals surface area contributed by atoms with Crippen LogP contribution in [0, 0.1) is 11.8 Å². The second-order valence-electron chi connectivity index (χ2n) is 8.31. The molecule has 0 radical (unpaired) electrons. The molecule has 1 N–H and O–H groups in total. The van der Waals surface area contributed by atoms with Crippen LogP contribution in [0.1, 0.15) is 43.7 Å². The number of nitrogens with one attached hydrogen (secondary N) is 1. The van der Waals surface area contributed by atoms with E-state index in [1.54, 1.807) is 6.92 Å². The van der Waals surface area contributed by atoms with Crippen molar-refractivity contribution in [3.05, 3.63) is 35.4 Å². The Balaban J connectivity index is 1.48. The van der Waals surface area contributed by atoms with E-state index in [0.29, 0.717) is 19.4 Å². The Hall–Kier alpha value is -2.37. The summed E-state index contributed by atoms with van der Waals surface area (Å²) in [6, 6.07) is 7.90. The van der Waals surface area contributed by atoms with Gasteiger partial charge in [0.15, 0.2) is 0 Å². The lowest BCUT2D eigenvalue weighted by atomic mass is 9.91. The van der Waals surface area contributed by atoms with E-state index in [2.05, 4.69) is 5.32 Å². The van der Waals surface area contributed by atoms with Crippen molar-refractivity contribution in [3.8, 4) is 0 Å². The Morgan fingerprint density at radius 3 is 2.39 bits per heavy atom. The zero-order valence-electron chi connectivity index (χ0n) is 16.4. The van der Waals surface area contributed by atoms with Gasteiger partial charge in [0.2, 0.25) is 11.8 Å². The molecule has 1 saturated carbocycles. The summed E-state index contributed by atoms with van der Waals surface area (Å²) < 4.78 is 5.33. The normalized spacial score (nSPS) is 23.0. The highest BCUT2D eigenvalue weighted by Crippen LogP contribution is 2.34. The molecule has 0 bridgehead atoms. The number of carbonyl (C=O) groups is 3. The first-order valence-corrected chi connectivity index (χ1v) is 10.4. The van der Waals surface area contributed by atoms with E-state index >= 15 is 0 Å². The maximum absolute atomic E-state index is 13.1. The molecule has 1 aliphatic heterocycles. The molecule has 6 heteroatoms. The van der Waals surface area contributed by atoms with Gasteiger partial charge < -0.3 is 15.0 Å². The lowest BCUT2D eigenvalue weighted by Crippen LogP contribution is -2.59. The molecular weight excluding hydrogens is 356 g/mol. The second kappa shape index (κ2) is 7.57. The van der Waals surface area contributed by atoms with Crippen LogP contribution in [0.15, 0.2) is 24.3 Å². The quantitative estimate of drug-likeness (QED) is 0.786. The van der Waals surface area contributed by atoms with Gasteiger partial charge in [-0.15, -0.1) is 0 Å².